The van der Waals surface area contributed by atoms with Crippen molar-refractivity contribution in [3.05, 3.63) is 0 Å². The summed E-state index contributed by atoms with van der Waals surface area (Å²) in [6, 6.07) is 0. The second-order valence-electron chi connectivity index (χ2n) is 7.98. The summed E-state index contributed by atoms with van der Waals surface area (Å²) in [4.78, 5) is 0. The Morgan fingerprint density at radius 3 is 2.38 bits per heavy atom. The first kappa shape index (κ1) is 17.3. The summed E-state index contributed by atoms with van der Waals surface area (Å²) in [5.74, 6) is 1.93. The molecule has 0 aromatic rings. The Morgan fingerprint density at radius 1 is 1.05 bits per heavy atom. The fourth-order valence-corrected chi connectivity index (χ4v) is 5.72. The number of sulfone groups is 1. The van der Waals surface area contributed by atoms with E-state index in [0.717, 1.165) is 50.4 Å². The maximum absolute atomic E-state index is 11.9. The van der Waals surface area contributed by atoms with E-state index >= 15 is 0 Å². The summed E-state index contributed by atoms with van der Waals surface area (Å²) in [5.41, 5.74) is 6.69. The lowest BCUT2D eigenvalue weighted by Crippen LogP contribution is -2.49. The average molecular weight is 316 g/mol. The summed E-state index contributed by atoms with van der Waals surface area (Å²) < 4.78 is 23.8. The summed E-state index contributed by atoms with van der Waals surface area (Å²) in [5, 5.41) is -0.152. The highest BCUT2D eigenvalue weighted by atomic mass is 32.2. The lowest BCUT2D eigenvalue weighted by atomic mass is 9.71. The van der Waals surface area contributed by atoms with Crippen LogP contribution in [0.4, 0.5) is 0 Å². The molecular formula is C17H33NO2S. The van der Waals surface area contributed by atoms with E-state index in [1.807, 2.05) is 0 Å². The van der Waals surface area contributed by atoms with Crippen LogP contribution in [0.25, 0.3) is 0 Å². The molecule has 2 rings (SSSR count). The van der Waals surface area contributed by atoms with E-state index in [0.29, 0.717) is 5.92 Å². The van der Waals surface area contributed by atoms with Crippen molar-refractivity contribution in [3.8, 4) is 0 Å². The van der Waals surface area contributed by atoms with Gasteiger partial charge in [0.15, 0.2) is 0 Å². The summed E-state index contributed by atoms with van der Waals surface area (Å²) in [7, 11) is -2.91. The molecule has 124 valence electrons. The number of hydrogen-bond acceptors (Lipinski definition) is 3. The average Bonchev–Trinajstić information content (AvgIpc) is 2.61. The Hall–Kier alpha value is -0.0900. The molecule has 3 nitrogen and oxygen atoms in total. The van der Waals surface area contributed by atoms with Crippen molar-refractivity contribution in [1.29, 1.82) is 0 Å². The zero-order valence-electron chi connectivity index (χ0n) is 14.0. The van der Waals surface area contributed by atoms with Crippen molar-refractivity contribution in [1.82, 2.24) is 0 Å². The van der Waals surface area contributed by atoms with Crippen LogP contribution >= 0.6 is 0 Å². The highest BCUT2D eigenvalue weighted by Gasteiger charge is 2.41. The fraction of sp³-hybridized carbons (Fsp3) is 1.00. The molecule has 21 heavy (non-hydrogen) atoms. The molecule has 0 radical (unpaired) electrons. The lowest BCUT2D eigenvalue weighted by molar-refractivity contribution is 0.181. The Morgan fingerprint density at radius 2 is 1.76 bits per heavy atom. The molecule has 0 aliphatic heterocycles. The molecule has 0 amide bonds. The van der Waals surface area contributed by atoms with Crippen molar-refractivity contribution in [2.24, 2.45) is 23.5 Å². The predicted octanol–water partition coefficient (Wildman–Crippen LogP) is 3.52. The maximum atomic E-state index is 11.9. The number of nitrogens with two attached hydrogens (primary N) is 1. The first-order valence-electron chi connectivity index (χ1n) is 8.70. The molecule has 0 bridgehead atoms. The SMILES string of the molecule is CC(C)C1CCCC(N)(C2CCCC(S(C)(=O)=O)C2)CC1. The van der Waals surface area contributed by atoms with Gasteiger partial charge in [-0.1, -0.05) is 33.1 Å². The van der Waals surface area contributed by atoms with Gasteiger partial charge in [0.1, 0.15) is 9.84 Å². The van der Waals surface area contributed by atoms with E-state index in [2.05, 4.69) is 13.8 Å². The smallest absolute Gasteiger partial charge is 0.150 e. The third-order valence-electron chi connectivity index (χ3n) is 6.19. The van der Waals surface area contributed by atoms with E-state index in [1.54, 1.807) is 0 Å². The van der Waals surface area contributed by atoms with Crippen LogP contribution in [0.1, 0.15) is 71.6 Å². The standard InChI is InChI=1S/C17H33NO2S/c1-13(2)14-6-5-10-17(18,11-9-14)15-7-4-8-16(12-15)21(3,19)20/h13-16H,4-12,18H2,1-3H3. The van der Waals surface area contributed by atoms with Crippen LogP contribution in [0, 0.1) is 17.8 Å². The molecule has 0 saturated heterocycles. The van der Waals surface area contributed by atoms with E-state index in [4.69, 9.17) is 5.73 Å². The van der Waals surface area contributed by atoms with Crippen LogP contribution in [0.3, 0.4) is 0 Å². The minimum absolute atomic E-state index is 0.118. The van der Waals surface area contributed by atoms with Crippen LogP contribution in [0.5, 0.6) is 0 Å². The summed E-state index contributed by atoms with van der Waals surface area (Å²) in [6.45, 7) is 4.63. The van der Waals surface area contributed by atoms with Crippen LogP contribution < -0.4 is 5.73 Å². The lowest BCUT2D eigenvalue weighted by Gasteiger charge is -2.41. The molecule has 4 unspecified atom stereocenters. The fourth-order valence-electron chi connectivity index (χ4n) is 4.55. The second-order valence-corrected chi connectivity index (χ2v) is 10.3. The van der Waals surface area contributed by atoms with Crippen molar-refractivity contribution in [2.75, 3.05) is 6.26 Å². The normalized spacial score (nSPS) is 39.2. The molecule has 2 aliphatic carbocycles. The van der Waals surface area contributed by atoms with Gasteiger partial charge < -0.3 is 5.73 Å². The molecule has 2 aliphatic rings. The van der Waals surface area contributed by atoms with Crippen LogP contribution in [-0.2, 0) is 9.84 Å². The van der Waals surface area contributed by atoms with Crippen molar-refractivity contribution < 1.29 is 8.42 Å². The molecule has 2 N–H and O–H groups in total. The summed E-state index contributed by atoms with van der Waals surface area (Å²) >= 11 is 0. The van der Waals surface area contributed by atoms with Gasteiger partial charge in [-0.15, -0.1) is 0 Å². The molecule has 0 aromatic carbocycles. The monoisotopic (exact) mass is 315 g/mol. The zero-order chi connectivity index (χ0) is 15.7. The van der Waals surface area contributed by atoms with Gasteiger partial charge in [0.05, 0.1) is 5.25 Å². The van der Waals surface area contributed by atoms with Crippen LogP contribution in [-0.4, -0.2) is 25.5 Å². The van der Waals surface area contributed by atoms with Crippen molar-refractivity contribution in [3.63, 3.8) is 0 Å². The molecule has 0 heterocycles. The van der Waals surface area contributed by atoms with Crippen LogP contribution in [0.2, 0.25) is 0 Å². The highest BCUT2D eigenvalue weighted by molar-refractivity contribution is 7.91. The van der Waals surface area contributed by atoms with Gasteiger partial charge in [0.2, 0.25) is 0 Å². The number of hydrogen-bond donors (Lipinski definition) is 1. The van der Waals surface area contributed by atoms with Crippen LogP contribution in [0.15, 0.2) is 0 Å². The quantitative estimate of drug-likeness (QED) is 0.811. The molecule has 0 aromatic heterocycles. The third kappa shape index (κ3) is 4.22. The van der Waals surface area contributed by atoms with Crippen molar-refractivity contribution >= 4 is 9.84 Å². The Labute approximate surface area is 131 Å². The molecule has 2 saturated carbocycles. The number of rotatable bonds is 3. The first-order valence-corrected chi connectivity index (χ1v) is 10.7. The first-order chi connectivity index (χ1) is 9.72. The zero-order valence-corrected chi connectivity index (χ0v) is 14.8. The van der Waals surface area contributed by atoms with Gasteiger partial charge in [-0.2, -0.15) is 0 Å². The predicted molar refractivity (Wildman–Crippen MR) is 88.9 cm³/mol. The minimum atomic E-state index is -2.91. The minimum Gasteiger partial charge on any atom is -0.325 e. The van der Waals surface area contributed by atoms with E-state index in [-0.39, 0.29) is 10.8 Å². The molecule has 4 heteroatoms. The summed E-state index contributed by atoms with van der Waals surface area (Å²) in [6.07, 6.45) is 11.0. The van der Waals surface area contributed by atoms with Crippen molar-refractivity contribution in [2.45, 2.75) is 82.4 Å². The van der Waals surface area contributed by atoms with E-state index in [9.17, 15) is 8.42 Å². The molecule has 0 spiro atoms. The third-order valence-corrected chi connectivity index (χ3v) is 7.82. The van der Waals surface area contributed by atoms with Gasteiger partial charge in [0, 0.05) is 11.8 Å². The Kier molecular flexibility index (Phi) is 5.40. The van der Waals surface area contributed by atoms with Gasteiger partial charge in [0.25, 0.3) is 0 Å². The second kappa shape index (κ2) is 6.57. The van der Waals surface area contributed by atoms with Gasteiger partial charge in [-0.3, -0.25) is 0 Å². The molecular weight excluding hydrogens is 282 g/mol. The Balaban J connectivity index is 2.05. The maximum Gasteiger partial charge on any atom is 0.150 e. The van der Waals surface area contributed by atoms with Gasteiger partial charge in [-0.05, 0) is 56.3 Å². The van der Waals surface area contributed by atoms with Gasteiger partial charge in [-0.25, -0.2) is 8.42 Å². The highest BCUT2D eigenvalue weighted by Crippen LogP contribution is 2.42. The van der Waals surface area contributed by atoms with E-state index in [1.165, 1.54) is 25.5 Å². The van der Waals surface area contributed by atoms with E-state index < -0.39 is 9.84 Å². The van der Waals surface area contributed by atoms with Gasteiger partial charge >= 0.3 is 0 Å². The molecule has 4 atom stereocenters. The Bertz CT molecular complexity index is 446. The molecule has 2 fully saturated rings. The topological polar surface area (TPSA) is 60.2 Å². The largest absolute Gasteiger partial charge is 0.325 e.